The number of para-hydroxylation sites is 1. The SMILES string of the molecule is COc1cccc(C(=O)OCC(=O)NCC(F)(F)F)c1OC. The van der Waals surface area contributed by atoms with E-state index in [9.17, 15) is 22.8 Å². The number of methoxy groups -OCH3 is 2. The lowest BCUT2D eigenvalue weighted by Gasteiger charge is -2.12. The van der Waals surface area contributed by atoms with E-state index in [0.717, 1.165) is 0 Å². The number of rotatable bonds is 6. The molecule has 1 N–H and O–H groups in total. The molecule has 0 aromatic heterocycles. The molecule has 122 valence electrons. The minimum Gasteiger partial charge on any atom is -0.493 e. The van der Waals surface area contributed by atoms with Crippen molar-refractivity contribution >= 4 is 11.9 Å². The zero-order chi connectivity index (χ0) is 16.8. The van der Waals surface area contributed by atoms with E-state index >= 15 is 0 Å². The number of hydrogen-bond acceptors (Lipinski definition) is 5. The van der Waals surface area contributed by atoms with E-state index in [1.807, 2.05) is 0 Å². The molecule has 0 unspecified atom stereocenters. The molecule has 0 saturated carbocycles. The van der Waals surface area contributed by atoms with E-state index < -0.39 is 31.2 Å². The molecule has 0 saturated heterocycles. The molecule has 1 aromatic rings. The molecular weight excluding hydrogens is 307 g/mol. The zero-order valence-electron chi connectivity index (χ0n) is 11.8. The molecule has 0 bridgehead atoms. The molecule has 6 nitrogen and oxygen atoms in total. The Hall–Kier alpha value is -2.45. The van der Waals surface area contributed by atoms with Crippen molar-refractivity contribution in [2.24, 2.45) is 0 Å². The van der Waals surface area contributed by atoms with Gasteiger partial charge in [0.2, 0.25) is 0 Å². The third kappa shape index (κ3) is 5.15. The number of nitrogens with one attached hydrogen (secondary N) is 1. The Kier molecular flexibility index (Phi) is 6.02. The van der Waals surface area contributed by atoms with Crippen LogP contribution in [0.5, 0.6) is 11.5 Å². The maximum Gasteiger partial charge on any atom is 0.405 e. The number of amides is 1. The molecule has 1 amide bonds. The largest absolute Gasteiger partial charge is 0.493 e. The fraction of sp³-hybridized carbons (Fsp3) is 0.385. The van der Waals surface area contributed by atoms with Gasteiger partial charge in [0.1, 0.15) is 12.1 Å². The predicted octanol–water partition coefficient (Wildman–Crippen LogP) is 1.54. The average Bonchev–Trinajstić information content (AvgIpc) is 2.48. The van der Waals surface area contributed by atoms with Gasteiger partial charge in [0.25, 0.3) is 5.91 Å². The first-order valence-electron chi connectivity index (χ1n) is 6.00. The second-order valence-electron chi connectivity index (χ2n) is 4.01. The standard InChI is InChI=1S/C13H14F3NO5/c1-20-9-5-3-4-8(11(9)21-2)12(19)22-6-10(18)17-7-13(14,15)16/h3-5H,6-7H2,1-2H3,(H,17,18). The molecule has 0 spiro atoms. The molecule has 1 aromatic carbocycles. The summed E-state index contributed by atoms with van der Waals surface area (Å²) >= 11 is 0. The number of esters is 1. The summed E-state index contributed by atoms with van der Waals surface area (Å²) in [4.78, 5) is 23.0. The predicted molar refractivity (Wildman–Crippen MR) is 68.9 cm³/mol. The van der Waals surface area contributed by atoms with Gasteiger partial charge in [-0.2, -0.15) is 13.2 Å². The highest BCUT2D eigenvalue weighted by Gasteiger charge is 2.28. The van der Waals surface area contributed by atoms with Gasteiger partial charge in [-0.1, -0.05) is 6.07 Å². The van der Waals surface area contributed by atoms with Crippen LogP contribution in [0.2, 0.25) is 0 Å². The second kappa shape index (κ2) is 7.53. The first-order valence-corrected chi connectivity index (χ1v) is 6.00. The lowest BCUT2D eigenvalue weighted by atomic mass is 10.2. The van der Waals surface area contributed by atoms with Crippen LogP contribution in [0.4, 0.5) is 13.2 Å². The van der Waals surface area contributed by atoms with Crippen LogP contribution in [0.15, 0.2) is 18.2 Å². The molecule has 0 atom stereocenters. The molecule has 0 fully saturated rings. The van der Waals surface area contributed by atoms with Crippen LogP contribution in [-0.2, 0) is 9.53 Å². The normalized spacial score (nSPS) is 10.8. The van der Waals surface area contributed by atoms with Gasteiger partial charge in [0.05, 0.1) is 14.2 Å². The van der Waals surface area contributed by atoms with E-state index in [4.69, 9.17) is 9.47 Å². The van der Waals surface area contributed by atoms with E-state index in [2.05, 4.69) is 4.74 Å². The summed E-state index contributed by atoms with van der Waals surface area (Å²) in [7, 11) is 2.68. The Morgan fingerprint density at radius 3 is 2.41 bits per heavy atom. The van der Waals surface area contributed by atoms with E-state index in [0.29, 0.717) is 0 Å². The second-order valence-corrected chi connectivity index (χ2v) is 4.01. The lowest BCUT2D eigenvalue weighted by Crippen LogP contribution is -2.36. The summed E-state index contributed by atoms with van der Waals surface area (Å²) in [6.45, 7) is -2.33. The van der Waals surface area contributed by atoms with Gasteiger partial charge in [-0.25, -0.2) is 4.79 Å². The molecule has 0 aliphatic carbocycles. The van der Waals surface area contributed by atoms with Gasteiger partial charge in [-0.05, 0) is 12.1 Å². The van der Waals surface area contributed by atoms with Gasteiger partial charge in [0, 0.05) is 0 Å². The number of alkyl halides is 3. The summed E-state index contributed by atoms with van der Waals surface area (Å²) < 4.78 is 50.4. The van der Waals surface area contributed by atoms with E-state index in [-0.39, 0.29) is 17.1 Å². The molecule has 9 heteroatoms. The molecule has 1 rings (SSSR count). The fourth-order valence-electron chi connectivity index (χ4n) is 1.51. The van der Waals surface area contributed by atoms with Gasteiger partial charge < -0.3 is 19.5 Å². The maximum absolute atomic E-state index is 11.9. The summed E-state index contributed by atoms with van der Waals surface area (Å²) in [5.41, 5.74) is -0.00882. The van der Waals surface area contributed by atoms with Crippen LogP contribution in [-0.4, -0.2) is 45.4 Å². The number of carbonyl (C=O) groups is 2. The van der Waals surface area contributed by atoms with Crippen molar-refractivity contribution in [1.29, 1.82) is 0 Å². The number of halogens is 3. The van der Waals surface area contributed by atoms with Crippen molar-refractivity contribution in [1.82, 2.24) is 5.32 Å². The molecule has 0 radical (unpaired) electrons. The Morgan fingerprint density at radius 2 is 1.86 bits per heavy atom. The van der Waals surface area contributed by atoms with Gasteiger partial charge >= 0.3 is 12.1 Å². The Bertz CT molecular complexity index is 545. The van der Waals surface area contributed by atoms with Gasteiger partial charge in [0.15, 0.2) is 18.1 Å². The highest BCUT2D eigenvalue weighted by molar-refractivity contribution is 5.94. The number of carbonyl (C=O) groups excluding carboxylic acids is 2. The third-order valence-corrected chi connectivity index (χ3v) is 2.44. The Morgan fingerprint density at radius 1 is 1.18 bits per heavy atom. The Balaban J connectivity index is 2.65. The quantitative estimate of drug-likeness (QED) is 0.805. The van der Waals surface area contributed by atoms with Crippen molar-refractivity contribution in [3.05, 3.63) is 23.8 Å². The Labute approximate surface area is 124 Å². The minimum absolute atomic E-state index is 0.00882. The van der Waals surface area contributed by atoms with E-state index in [1.165, 1.54) is 26.4 Å². The highest BCUT2D eigenvalue weighted by Crippen LogP contribution is 2.31. The van der Waals surface area contributed by atoms with Gasteiger partial charge in [-0.15, -0.1) is 0 Å². The molecular formula is C13H14F3NO5. The van der Waals surface area contributed by atoms with Gasteiger partial charge in [-0.3, -0.25) is 4.79 Å². The minimum atomic E-state index is -4.53. The van der Waals surface area contributed by atoms with Crippen molar-refractivity contribution in [2.45, 2.75) is 6.18 Å². The molecule has 22 heavy (non-hydrogen) atoms. The first-order chi connectivity index (χ1) is 10.3. The first kappa shape index (κ1) is 17.6. The van der Waals surface area contributed by atoms with Crippen molar-refractivity contribution < 1.29 is 37.0 Å². The summed E-state index contributed by atoms with van der Waals surface area (Å²) in [6, 6.07) is 4.42. The van der Waals surface area contributed by atoms with Crippen molar-refractivity contribution in [3.63, 3.8) is 0 Å². The smallest absolute Gasteiger partial charge is 0.405 e. The van der Waals surface area contributed by atoms with Crippen molar-refractivity contribution in [3.8, 4) is 11.5 Å². The molecule has 0 aliphatic rings. The summed E-state index contributed by atoms with van der Waals surface area (Å²) in [5, 5.41) is 1.58. The van der Waals surface area contributed by atoms with Crippen LogP contribution < -0.4 is 14.8 Å². The maximum atomic E-state index is 11.9. The zero-order valence-corrected chi connectivity index (χ0v) is 11.8. The van der Waals surface area contributed by atoms with E-state index in [1.54, 1.807) is 11.4 Å². The van der Waals surface area contributed by atoms with Crippen molar-refractivity contribution in [2.75, 3.05) is 27.4 Å². The summed E-state index contributed by atoms with van der Waals surface area (Å²) in [6.07, 6.45) is -4.53. The number of ether oxygens (including phenoxy) is 3. The van der Waals surface area contributed by atoms with Crippen LogP contribution in [0.25, 0.3) is 0 Å². The van der Waals surface area contributed by atoms with Crippen LogP contribution in [0.3, 0.4) is 0 Å². The molecule has 0 aliphatic heterocycles. The topological polar surface area (TPSA) is 73.9 Å². The number of hydrogen-bond donors (Lipinski definition) is 1. The monoisotopic (exact) mass is 321 g/mol. The van der Waals surface area contributed by atoms with Crippen LogP contribution in [0, 0.1) is 0 Å². The molecule has 0 heterocycles. The lowest BCUT2D eigenvalue weighted by molar-refractivity contribution is -0.140. The third-order valence-electron chi connectivity index (χ3n) is 2.44. The highest BCUT2D eigenvalue weighted by atomic mass is 19.4. The van der Waals surface area contributed by atoms with Crippen LogP contribution in [0.1, 0.15) is 10.4 Å². The average molecular weight is 321 g/mol. The fourth-order valence-corrected chi connectivity index (χ4v) is 1.51. The number of benzene rings is 1. The van der Waals surface area contributed by atoms with Crippen LogP contribution >= 0.6 is 0 Å². The summed E-state index contributed by atoms with van der Waals surface area (Å²) in [5.74, 6) is -1.60.